The van der Waals surface area contributed by atoms with Crippen molar-refractivity contribution in [3.8, 4) is 0 Å². The van der Waals surface area contributed by atoms with Crippen LogP contribution in [0.4, 0.5) is 5.13 Å². The lowest BCUT2D eigenvalue weighted by atomic mass is 9.91. The predicted molar refractivity (Wildman–Crippen MR) is 81.7 cm³/mol. The fourth-order valence-corrected chi connectivity index (χ4v) is 3.79. The lowest BCUT2D eigenvalue weighted by molar-refractivity contribution is -0.139. The number of hydrogen-bond donors (Lipinski definition) is 2. The van der Waals surface area contributed by atoms with Gasteiger partial charge in [0.15, 0.2) is 5.13 Å². The van der Waals surface area contributed by atoms with E-state index in [1.807, 2.05) is 12.1 Å². The molecule has 0 spiro atoms. The van der Waals surface area contributed by atoms with Crippen LogP contribution in [0.5, 0.6) is 0 Å². The van der Waals surface area contributed by atoms with E-state index in [1.54, 1.807) is 23.7 Å². The number of nitrogens with one attached hydrogen (secondary N) is 1. The van der Waals surface area contributed by atoms with Gasteiger partial charge in [-0.05, 0) is 43.9 Å². The second-order valence-electron chi connectivity index (χ2n) is 5.26. The molecule has 0 radical (unpaired) electrons. The number of fused-ring (bicyclic) bond motifs is 1. The number of thiazole rings is 1. The van der Waals surface area contributed by atoms with Gasteiger partial charge in [-0.1, -0.05) is 0 Å². The Morgan fingerprint density at radius 1 is 1.48 bits per heavy atom. The molecule has 2 aromatic heterocycles. The first kappa shape index (κ1) is 14.0. The molecule has 2 aromatic rings. The number of anilines is 1. The Hall–Kier alpha value is -1.95. The Morgan fingerprint density at radius 3 is 2.95 bits per heavy atom. The number of aryl methyl sites for hydroxylation is 1. The summed E-state index contributed by atoms with van der Waals surface area (Å²) in [6, 6.07) is 4.04. The number of carbonyl (C=O) groups is 1. The zero-order chi connectivity index (χ0) is 14.8. The molecular weight excluding hydrogens is 286 g/mol. The van der Waals surface area contributed by atoms with Crippen molar-refractivity contribution in [1.82, 2.24) is 9.97 Å². The smallest absolute Gasteiger partial charge is 0.312 e. The number of aromatic nitrogens is 2. The highest BCUT2D eigenvalue weighted by molar-refractivity contribution is 7.15. The third-order valence-electron chi connectivity index (χ3n) is 3.80. The minimum Gasteiger partial charge on any atom is -0.481 e. The number of aliphatic carboxylic acids is 1. The number of carboxylic acids is 1. The Bertz CT molecular complexity index is 642. The van der Waals surface area contributed by atoms with E-state index in [2.05, 4.69) is 22.2 Å². The standard InChI is InChI=1S/C15H17N3O2S/c1-9(10-5-7-16-8-6-10)17-15-18-13-11(14(19)20)3-2-4-12(13)21-15/h5-9,11H,2-4H2,1H3,(H,17,18)(H,19,20). The summed E-state index contributed by atoms with van der Waals surface area (Å²) in [5.41, 5.74) is 1.89. The first-order chi connectivity index (χ1) is 10.1. The quantitative estimate of drug-likeness (QED) is 0.907. The maximum Gasteiger partial charge on any atom is 0.312 e. The molecular formula is C15H17N3O2S. The van der Waals surface area contributed by atoms with Crippen LogP contribution in [0.1, 0.15) is 47.9 Å². The first-order valence-electron chi connectivity index (χ1n) is 7.04. The fraction of sp³-hybridized carbons (Fsp3) is 0.400. The van der Waals surface area contributed by atoms with Crippen molar-refractivity contribution in [2.75, 3.05) is 5.32 Å². The maximum atomic E-state index is 11.3. The summed E-state index contributed by atoms with van der Waals surface area (Å²) in [4.78, 5) is 21.0. The monoisotopic (exact) mass is 303 g/mol. The van der Waals surface area contributed by atoms with Gasteiger partial charge in [-0.2, -0.15) is 0 Å². The highest BCUT2D eigenvalue weighted by atomic mass is 32.1. The summed E-state index contributed by atoms with van der Waals surface area (Å²) >= 11 is 1.58. The molecule has 5 nitrogen and oxygen atoms in total. The second-order valence-corrected chi connectivity index (χ2v) is 6.34. The number of hydrogen-bond acceptors (Lipinski definition) is 5. The van der Waals surface area contributed by atoms with Gasteiger partial charge in [0.2, 0.25) is 0 Å². The van der Waals surface area contributed by atoms with E-state index in [0.29, 0.717) is 6.42 Å². The van der Waals surface area contributed by atoms with Crippen LogP contribution in [-0.4, -0.2) is 21.0 Å². The Balaban J connectivity index is 1.80. The van der Waals surface area contributed by atoms with E-state index >= 15 is 0 Å². The van der Waals surface area contributed by atoms with Crippen molar-refractivity contribution in [3.63, 3.8) is 0 Å². The van der Waals surface area contributed by atoms with Gasteiger partial charge in [-0.25, -0.2) is 4.98 Å². The molecule has 21 heavy (non-hydrogen) atoms. The van der Waals surface area contributed by atoms with Gasteiger partial charge in [-0.3, -0.25) is 9.78 Å². The molecule has 0 saturated heterocycles. The number of nitrogens with zero attached hydrogens (tertiary/aromatic N) is 2. The summed E-state index contributed by atoms with van der Waals surface area (Å²) in [6.45, 7) is 2.06. The molecule has 0 aromatic carbocycles. The molecule has 0 fully saturated rings. The highest BCUT2D eigenvalue weighted by Crippen LogP contribution is 2.37. The van der Waals surface area contributed by atoms with Crippen LogP contribution in [0, 0.1) is 0 Å². The van der Waals surface area contributed by atoms with E-state index in [9.17, 15) is 9.90 Å². The highest BCUT2D eigenvalue weighted by Gasteiger charge is 2.30. The molecule has 0 amide bonds. The van der Waals surface area contributed by atoms with E-state index in [0.717, 1.165) is 34.1 Å². The maximum absolute atomic E-state index is 11.3. The first-order valence-corrected chi connectivity index (χ1v) is 7.85. The van der Waals surface area contributed by atoms with Crippen molar-refractivity contribution >= 4 is 22.4 Å². The molecule has 1 aliphatic rings. The number of pyridine rings is 1. The van der Waals surface area contributed by atoms with Crippen LogP contribution in [0.3, 0.4) is 0 Å². The molecule has 0 saturated carbocycles. The lowest BCUT2D eigenvalue weighted by Crippen LogP contribution is -2.17. The van der Waals surface area contributed by atoms with Crippen LogP contribution < -0.4 is 5.32 Å². The molecule has 1 aliphatic carbocycles. The van der Waals surface area contributed by atoms with Crippen LogP contribution in [0.25, 0.3) is 0 Å². The molecule has 6 heteroatoms. The van der Waals surface area contributed by atoms with Crippen LogP contribution >= 0.6 is 11.3 Å². The molecule has 2 N–H and O–H groups in total. The Morgan fingerprint density at radius 2 is 2.24 bits per heavy atom. The van der Waals surface area contributed by atoms with Crippen molar-refractivity contribution < 1.29 is 9.90 Å². The average molecular weight is 303 g/mol. The number of rotatable bonds is 4. The third-order valence-corrected chi connectivity index (χ3v) is 4.86. The topological polar surface area (TPSA) is 75.1 Å². The van der Waals surface area contributed by atoms with Crippen LogP contribution in [0.15, 0.2) is 24.5 Å². The van der Waals surface area contributed by atoms with Gasteiger partial charge in [0, 0.05) is 17.3 Å². The molecule has 0 bridgehead atoms. The van der Waals surface area contributed by atoms with E-state index in [1.165, 1.54) is 0 Å². The van der Waals surface area contributed by atoms with Crippen molar-refractivity contribution in [3.05, 3.63) is 40.7 Å². The predicted octanol–water partition coefficient (Wildman–Crippen LogP) is 3.22. The lowest BCUT2D eigenvalue weighted by Gasteiger charge is -2.16. The Kier molecular flexibility index (Phi) is 3.88. The van der Waals surface area contributed by atoms with Crippen LogP contribution in [-0.2, 0) is 11.2 Å². The molecule has 110 valence electrons. The van der Waals surface area contributed by atoms with Gasteiger partial charge in [0.05, 0.1) is 11.7 Å². The number of carboxylic acid groups (broad SMARTS) is 1. The largest absolute Gasteiger partial charge is 0.481 e. The molecule has 2 heterocycles. The zero-order valence-electron chi connectivity index (χ0n) is 11.7. The summed E-state index contributed by atoms with van der Waals surface area (Å²) in [6.07, 6.45) is 6.07. The molecule has 0 aliphatic heterocycles. The summed E-state index contributed by atoms with van der Waals surface area (Å²) in [7, 11) is 0. The van der Waals surface area contributed by atoms with Crippen LogP contribution in [0.2, 0.25) is 0 Å². The van der Waals surface area contributed by atoms with Gasteiger partial charge in [-0.15, -0.1) is 11.3 Å². The van der Waals surface area contributed by atoms with E-state index < -0.39 is 11.9 Å². The third kappa shape index (κ3) is 2.90. The molecule has 3 rings (SSSR count). The summed E-state index contributed by atoms with van der Waals surface area (Å²) < 4.78 is 0. The average Bonchev–Trinajstić information content (AvgIpc) is 2.89. The zero-order valence-corrected chi connectivity index (χ0v) is 12.6. The fourth-order valence-electron chi connectivity index (χ4n) is 2.64. The van der Waals surface area contributed by atoms with Crippen molar-refractivity contribution in [2.24, 2.45) is 0 Å². The normalized spacial score (nSPS) is 18.8. The van der Waals surface area contributed by atoms with E-state index in [-0.39, 0.29) is 6.04 Å². The minimum atomic E-state index is -0.769. The minimum absolute atomic E-state index is 0.115. The SMILES string of the molecule is CC(Nc1nc2c(s1)CCCC2C(=O)O)c1ccncc1. The van der Waals surface area contributed by atoms with Gasteiger partial charge in [0.25, 0.3) is 0 Å². The second kappa shape index (κ2) is 5.81. The van der Waals surface area contributed by atoms with Crippen molar-refractivity contribution in [2.45, 2.75) is 38.1 Å². The molecule has 2 atom stereocenters. The van der Waals surface area contributed by atoms with Gasteiger partial charge < -0.3 is 10.4 Å². The van der Waals surface area contributed by atoms with Gasteiger partial charge in [0.1, 0.15) is 5.92 Å². The summed E-state index contributed by atoms with van der Waals surface area (Å²) in [5, 5.41) is 13.5. The Labute approximate surface area is 127 Å². The van der Waals surface area contributed by atoms with E-state index in [4.69, 9.17) is 0 Å². The molecule has 2 unspecified atom stereocenters. The summed E-state index contributed by atoms with van der Waals surface area (Å²) in [5.74, 6) is -1.22. The van der Waals surface area contributed by atoms with Gasteiger partial charge >= 0.3 is 5.97 Å². The van der Waals surface area contributed by atoms with Crippen molar-refractivity contribution in [1.29, 1.82) is 0 Å².